The SMILES string of the molecule is CN(C)N1C=C(c2ccc(Br)cc2)SCC1C=O. The molecular weight excluding hydrogens is 312 g/mol. The van der Waals surface area contributed by atoms with Gasteiger partial charge in [0.15, 0.2) is 0 Å². The van der Waals surface area contributed by atoms with Crippen LogP contribution in [0.2, 0.25) is 0 Å². The fourth-order valence-electron chi connectivity index (χ4n) is 1.79. The highest BCUT2D eigenvalue weighted by molar-refractivity contribution is 9.10. The van der Waals surface area contributed by atoms with Crippen LogP contribution in [-0.2, 0) is 4.79 Å². The number of halogens is 1. The van der Waals surface area contributed by atoms with Crippen LogP contribution in [0.5, 0.6) is 0 Å². The summed E-state index contributed by atoms with van der Waals surface area (Å²) in [5.74, 6) is 0.781. The summed E-state index contributed by atoms with van der Waals surface area (Å²) in [4.78, 5) is 12.2. The zero-order chi connectivity index (χ0) is 13.1. The highest BCUT2D eigenvalue weighted by atomic mass is 79.9. The Bertz CT molecular complexity index is 459. The Morgan fingerprint density at radius 2 is 2.06 bits per heavy atom. The number of hydrazine groups is 1. The van der Waals surface area contributed by atoms with E-state index in [1.165, 1.54) is 10.5 Å². The van der Waals surface area contributed by atoms with Gasteiger partial charge in [0.2, 0.25) is 0 Å². The van der Waals surface area contributed by atoms with Crippen molar-refractivity contribution < 1.29 is 4.79 Å². The van der Waals surface area contributed by atoms with E-state index in [9.17, 15) is 4.79 Å². The van der Waals surface area contributed by atoms with Gasteiger partial charge >= 0.3 is 0 Å². The van der Waals surface area contributed by atoms with Gasteiger partial charge in [0, 0.05) is 35.4 Å². The molecule has 1 aromatic carbocycles. The molecule has 1 aliphatic heterocycles. The summed E-state index contributed by atoms with van der Waals surface area (Å²) in [5, 5.41) is 3.92. The molecule has 1 unspecified atom stereocenters. The second-order valence-corrected chi connectivity index (χ2v) is 6.22. The molecule has 0 bridgehead atoms. The fourth-order valence-corrected chi connectivity index (χ4v) is 3.12. The van der Waals surface area contributed by atoms with Crippen LogP contribution in [0.3, 0.4) is 0 Å². The Kier molecular flexibility index (Phi) is 4.48. The molecule has 0 spiro atoms. The van der Waals surface area contributed by atoms with Gasteiger partial charge in [-0.05, 0) is 17.7 Å². The third kappa shape index (κ3) is 2.96. The van der Waals surface area contributed by atoms with Gasteiger partial charge < -0.3 is 9.80 Å². The van der Waals surface area contributed by atoms with Gasteiger partial charge in [-0.1, -0.05) is 28.1 Å². The first kappa shape index (κ1) is 13.6. The van der Waals surface area contributed by atoms with Crippen molar-refractivity contribution in [3.8, 4) is 0 Å². The molecule has 0 radical (unpaired) electrons. The van der Waals surface area contributed by atoms with Crippen LogP contribution >= 0.6 is 27.7 Å². The molecule has 1 aromatic rings. The quantitative estimate of drug-likeness (QED) is 0.797. The first-order valence-corrected chi connectivity index (χ1v) is 7.41. The molecule has 0 saturated carbocycles. The monoisotopic (exact) mass is 326 g/mol. The lowest BCUT2D eigenvalue weighted by Crippen LogP contribution is -2.44. The van der Waals surface area contributed by atoms with Crippen molar-refractivity contribution >= 4 is 38.9 Å². The summed E-state index contributed by atoms with van der Waals surface area (Å²) < 4.78 is 1.07. The molecular formula is C13H15BrN2OS. The van der Waals surface area contributed by atoms with Crippen LogP contribution < -0.4 is 0 Å². The standard InChI is InChI=1S/C13H15BrN2OS/c1-15(2)16-7-13(18-9-12(16)8-17)10-3-5-11(14)6-4-10/h3-8,12H,9H2,1-2H3. The number of hydrogen-bond donors (Lipinski definition) is 0. The average Bonchev–Trinajstić information content (AvgIpc) is 2.39. The van der Waals surface area contributed by atoms with Gasteiger partial charge in [0.05, 0.1) is 0 Å². The van der Waals surface area contributed by atoms with Crippen molar-refractivity contribution in [2.75, 3.05) is 19.8 Å². The molecule has 1 atom stereocenters. The highest BCUT2D eigenvalue weighted by Gasteiger charge is 2.23. The topological polar surface area (TPSA) is 23.6 Å². The van der Waals surface area contributed by atoms with Crippen LogP contribution in [0.1, 0.15) is 5.56 Å². The number of hydrogen-bond acceptors (Lipinski definition) is 4. The summed E-state index contributed by atoms with van der Waals surface area (Å²) in [6, 6.07) is 8.14. The minimum absolute atomic E-state index is 0.0794. The van der Waals surface area contributed by atoms with E-state index in [-0.39, 0.29) is 6.04 Å². The molecule has 18 heavy (non-hydrogen) atoms. The van der Waals surface area contributed by atoms with Gasteiger partial charge in [-0.15, -0.1) is 11.8 Å². The second-order valence-electron chi connectivity index (χ2n) is 4.24. The molecule has 0 fully saturated rings. The van der Waals surface area contributed by atoms with Gasteiger partial charge in [0.25, 0.3) is 0 Å². The number of carbonyl (C=O) groups is 1. The van der Waals surface area contributed by atoms with E-state index >= 15 is 0 Å². The average molecular weight is 327 g/mol. The van der Waals surface area contributed by atoms with Crippen LogP contribution in [0.4, 0.5) is 0 Å². The minimum atomic E-state index is -0.0794. The fraction of sp³-hybridized carbons (Fsp3) is 0.308. The van der Waals surface area contributed by atoms with Crippen LogP contribution in [0.25, 0.3) is 4.91 Å². The summed E-state index contributed by atoms with van der Waals surface area (Å²) in [6.45, 7) is 0. The maximum atomic E-state index is 11.0. The lowest BCUT2D eigenvalue weighted by atomic mass is 10.2. The van der Waals surface area contributed by atoms with E-state index in [0.29, 0.717) is 0 Å². The van der Waals surface area contributed by atoms with Gasteiger partial charge in [-0.2, -0.15) is 0 Å². The predicted octanol–water partition coefficient (Wildman–Crippen LogP) is 2.84. The first-order chi connectivity index (χ1) is 8.61. The molecule has 0 aromatic heterocycles. The highest BCUT2D eigenvalue weighted by Crippen LogP contribution is 2.34. The molecule has 5 heteroatoms. The number of rotatable bonds is 3. The summed E-state index contributed by atoms with van der Waals surface area (Å²) in [5.41, 5.74) is 1.18. The Morgan fingerprint density at radius 3 is 2.61 bits per heavy atom. The molecule has 96 valence electrons. The van der Waals surface area contributed by atoms with Crippen molar-refractivity contribution in [1.29, 1.82) is 0 Å². The Morgan fingerprint density at radius 1 is 1.39 bits per heavy atom. The molecule has 0 N–H and O–H groups in total. The van der Waals surface area contributed by atoms with Crippen LogP contribution in [0.15, 0.2) is 34.9 Å². The molecule has 0 aliphatic carbocycles. The maximum absolute atomic E-state index is 11.0. The maximum Gasteiger partial charge on any atom is 0.144 e. The minimum Gasteiger partial charge on any atom is -0.301 e. The molecule has 3 nitrogen and oxygen atoms in total. The van der Waals surface area contributed by atoms with E-state index in [4.69, 9.17) is 0 Å². The molecule has 0 amide bonds. The van der Waals surface area contributed by atoms with E-state index in [2.05, 4.69) is 28.1 Å². The predicted molar refractivity (Wildman–Crippen MR) is 80.0 cm³/mol. The summed E-state index contributed by atoms with van der Waals surface area (Å²) in [7, 11) is 3.89. The van der Waals surface area contributed by atoms with Crippen LogP contribution in [0, 0.1) is 0 Å². The Balaban J connectivity index is 2.28. The van der Waals surface area contributed by atoms with E-state index in [1.807, 2.05) is 42.4 Å². The van der Waals surface area contributed by atoms with Crippen molar-refractivity contribution in [2.24, 2.45) is 0 Å². The van der Waals surface area contributed by atoms with Crippen molar-refractivity contribution in [2.45, 2.75) is 6.04 Å². The molecule has 1 aliphatic rings. The van der Waals surface area contributed by atoms with E-state index in [0.717, 1.165) is 16.5 Å². The normalized spacial score (nSPS) is 19.9. The zero-order valence-electron chi connectivity index (χ0n) is 10.3. The summed E-state index contributed by atoms with van der Waals surface area (Å²) in [6.07, 6.45) is 3.04. The molecule has 2 rings (SSSR count). The number of aldehydes is 1. The molecule has 1 heterocycles. The van der Waals surface area contributed by atoms with Gasteiger partial charge in [0.1, 0.15) is 12.3 Å². The lowest BCUT2D eigenvalue weighted by molar-refractivity contribution is -0.114. The second kappa shape index (κ2) is 5.91. The number of carbonyl (C=O) groups excluding carboxylic acids is 1. The van der Waals surface area contributed by atoms with Crippen LogP contribution in [-0.4, -0.2) is 42.2 Å². The van der Waals surface area contributed by atoms with Crippen molar-refractivity contribution in [3.63, 3.8) is 0 Å². The smallest absolute Gasteiger partial charge is 0.144 e. The number of benzene rings is 1. The Labute approximate surface area is 120 Å². The van der Waals surface area contributed by atoms with Gasteiger partial charge in [-0.3, -0.25) is 0 Å². The third-order valence-corrected chi connectivity index (χ3v) is 4.44. The molecule has 0 saturated heterocycles. The first-order valence-electron chi connectivity index (χ1n) is 5.63. The largest absolute Gasteiger partial charge is 0.301 e. The number of nitrogens with zero attached hydrogens (tertiary/aromatic N) is 2. The van der Waals surface area contributed by atoms with Crippen molar-refractivity contribution in [3.05, 3.63) is 40.5 Å². The van der Waals surface area contributed by atoms with E-state index < -0.39 is 0 Å². The Hall–Kier alpha value is -0.780. The number of thioether (sulfide) groups is 1. The summed E-state index contributed by atoms with van der Waals surface area (Å²) >= 11 is 5.16. The van der Waals surface area contributed by atoms with Crippen molar-refractivity contribution in [1.82, 2.24) is 10.0 Å². The lowest BCUT2D eigenvalue weighted by Gasteiger charge is -2.36. The zero-order valence-corrected chi connectivity index (χ0v) is 12.7. The van der Waals surface area contributed by atoms with Gasteiger partial charge in [-0.25, -0.2) is 5.01 Å². The third-order valence-electron chi connectivity index (χ3n) is 2.75. The van der Waals surface area contributed by atoms with E-state index in [1.54, 1.807) is 11.8 Å².